The summed E-state index contributed by atoms with van der Waals surface area (Å²) in [6.07, 6.45) is 5.72. The number of carbonyl (C=O) groups excluding carboxylic acids is 1. The molecule has 0 unspecified atom stereocenters. The molecule has 0 bridgehead atoms. The molecule has 0 saturated heterocycles. The van der Waals surface area contributed by atoms with Crippen LogP contribution in [0.2, 0.25) is 0 Å². The summed E-state index contributed by atoms with van der Waals surface area (Å²) in [7, 11) is 0. The van der Waals surface area contributed by atoms with Gasteiger partial charge < -0.3 is 15.1 Å². The summed E-state index contributed by atoms with van der Waals surface area (Å²) in [6, 6.07) is 7.25. The van der Waals surface area contributed by atoms with Gasteiger partial charge in [-0.15, -0.1) is 0 Å². The Kier molecular flexibility index (Phi) is 5.26. The molecule has 1 aromatic heterocycles. The van der Waals surface area contributed by atoms with Gasteiger partial charge in [-0.3, -0.25) is 5.32 Å². The summed E-state index contributed by atoms with van der Waals surface area (Å²) in [5.74, 6) is 0. The topological polar surface area (TPSA) is 83.4 Å². The van der Waals surface area contributed by atoms with Crippen LogP contribution in [0.5, 0.6) is 0 Å². The minimum atomic E-state index is -0.545. The van der Waals surface area contributed by atoms with Crippen molar-refractivity contribution in [2.75, 3.05) is 10.6 Å². The van der Waals surface area contributed by atoms with Crippen molar-refractivity contribution in [3.05, 3.63) is 34.7 Å². The Labute approximate surface area is 147 Å². The van der Waals surface area contributed by atoms with Gasteiger partial charge in [0.1, 0.15) is 5.58 Å². The lowest BCUT2D eigenvalue weighted by molar-refractivity contribution is 0.250. The molecule has 1 aliphatic carbocycles. The normalized spacial score (nSPS) is 15.3. The van der Waals surface area contributed by atoms with Crippen LogP contribution >= 0.6 is 0 Å². The molecule has 25 heavy (non-hydrogen) atoms. The van der Waals surface area contributed by atoms with E-state index in [1.807, 2.05) is 32.0 Å². The Morgan fingerprint density at radius 1 is 1.12 bits per heavy atom. The molecule has 1 fully saturated rings. The molecule has 6 nitrogen and oxygen atoms in total. The zero-order valence-corrected chi connectivity index (χ0v) is 14.7. The number of hydrogen-bond acceptors (Lipinski definition) is 4. The lowest BCUT2D eigenvalue weighted by Crippen LogP contribution is -2.36. The maximum Gasteiger partial charge on any atom is 0.362 e. The highest BCUT2D eigenvalue weighted by molar-refractivity contribution is 6.01. The monoisotopic (exact) mass is 343 g/mol. The molecule has 1 aliphatic rings. The van der Waals surface area contributed by atoms with Gasteiger partial charge in [0.15, 0.2) is 5.69 Å². The van der Waals surface area contributed by atoms with Crippen LogP contribution in [0, 0.1) is 0 Å². The van der Waals surface area contributed by atoms with Crippen molar-refractivity contribution in [3.8, 4) is 0 Å². The maximum atomic E-state index is 12.5. The number of rotatable bonds is 4. The lowest BCUT2D eigenvalue weighted by Gasteiger charge is -2.25. The zero-order valence-electron chi connectivity index (χ0n) is 14.7. The molecule has 0 atom stereocenters. The van der Waals surface area contributed by atoms with E-state index in [0.29, 0.717) is 17.3 Å². The number of amides is 2. The molecule has 3 N–H and O–H groups in total. The molecule has 2 amide bonds. The van der Waals surface area contributed by atoms with Crippen molar-refractivity contribution < 1.29 is 9.21 Å². The second-order valence-electron chi connectivity index (χ2n) is 6.87. The third kappa shape index (κ3) is 4.13. The molecule has 1 aromatic carbocycles. The molecule has 3 rings (SSSR count). The van der Waals surface area contributed by atoms with Crippen LogP contribution in [0.15, 0.2) is 33.5 Å². The van der Waals surface area contributed by atoms with E-state index in [-0.39, 0.29) is 11.7 Å². The number of carbonyl (C=O) groups is 1. The van der Waals surface area contributed by atoms with Crippen molar-refractivity contribution >= 4 is 28.4 Å². The summed E-state index contributed by atoms with van der Waals surface area (Å²) < 4.78 is 5.39. The highest BCUT2D eigenvalue weighted by Gasteiger charge is 2.21. The molecule has 1 saturated carbocycles. The molecule has 6 heteroatoms. The minimum Gasteiger partial charge on any atom is -0.421 e. The zero-order chi connectivity index (χ0) is 17.8. The summed E-state index contributed by atoms with van der Waals surface area (Å²) in [5.41, 5.74) is 0.789. The average Bonchev–Trinajstić information content (AvgIpc) is 2.58. The van der Waals surface area contributed by atoms with Gasteiger partial charge in [-0.2, -0.15) is 0 Å². The van der Waals surface area contributed by atoms with E-state index in [9.17, 15) is 9.59 Å². The summed E-state index contributed by atoms with van der Waals surface area (Å²) in [6.45, 7) is 3.73. The van der Waals surface area contributed by atoms with E-state index in [0.717, 1.165) is 18.2 Å². The number of hydrogen-bond donors (Lipinski definition) is 3. The average molecular weight is 343 g/mol. The molecule has 0 spiro atoms. The fraction of sp³-hybridized carbons (Fsp3) is 0.474. The molecule has 1 heterocycles. The van der Waals surface area contributed by atoms with Gasteiger partial charge in [-0.05, 0) is 38.8 Å². The van der Waals surface area contributed by atoms with Crippen LogP contribution in [0.4, 0.5) is 16.2 Å². The molecule has 0 radical (unpaired) electrons. The Bertz CT molecular complexity index is 807. The number of nitrogens with one attached hydrogen (secondary N) is 3. The number of urea groups is 1. The van der Waals surface area contributed by atoms with E-state index in [1.54, 1.807) is 6.07 Å². The molecule has 2 aromatic rings. The third-order valence-electron chi connectivity index (χ3n) is 4.43. The first-order valence-corrected chi connectivity index (χ1v) is 8.94. The first-order valence-electron chi connectivity index (χ1n) is 8.94. The number of benzene rings is 1. The van der Waals surface area contributed by atoms with Gasteiger partial charge in [0.05, 0.1) is 5.69 Å². The smallest absolute Gasteiger partial charge is 0.362 e. The van der Waals surface area contributed by atoms with Gasteiger partial charge in [-0.25, -0.2) is 9.59 Å². The second kappa shape index (κ2) is 7.59. The van der Waals surface area contributed by atoms with Crippen molar-refractivity contribution in [3.63, 3.8) is 0 Å². The maximum absolute atomic E-state index is 12.5. The highest BCUT2D eigenvalue weighted by atomic mass is 16.4. The third-order valence-corrected chi connectivity index (χ3v) is 4.43. The van der Waals surface area contributed by atoms with Crippen LogP contribution in [-0.4, -0.2) is 18.1 Å². The SMILES string of the molecule is CC(C)NC(=O)Nc1c(NC2CCCCC2)c2ccccc2oc1=O. The predicted octanol–water partition coefficient (Wildman–Crippen LogP) is 4.07. The number of para-hydroxylation sites is 1. The largest absolute Gasteiger partial charge is 0.421 e. The Morgan fingerprint density at radius 3 is 2.56 bits per heavy atom. The van der Waals surface area contributed by atoms with Gasteiger partial charge in [0, 0.05) is 17.5 Å². The van der Waals surface area contributed by atoms with E-state index in [2.05, 4.69) is 16.0 Å². The van der Waals surface area contributed by atoms with Crippen molar-refractivity contribution in [1.29, 1.82) is 0 Å². The Balaban J connectivity index is 2.00. The molecule has 0 aliphatic heterocycles. The first-order chi connectivity index (χ1) is 12.0. The quantitative estimate of drug-likeness (QED) is 0.731. The number of fused-ring (bicyclic) bond motifs is 1. The molecular weight excluding hydrogens is 318 g/mol. The van der Waals surface area contributed by atoms with Gasteiger partial charge in [0.2, 0.25) is 0 Å². The second-order valence-corrected chi connectivity index (χ2v) is 6.87. The van der Waals surface area contributed by atoms with Crippen molar-refractivity contribution in [1.82, 2.24) is 5.32 Å². The Morgan fingerprint density at radius 2 is 1.84 bits per heavy atom. The van der Waals surface area contributed by atoms with E-state index >= 15 is 0 Å². The summed E-state index contributed by atoms with van der Waals surface area (Å²) in [5, 5.41) is 9.70. The highest BCUT2D eigenvalue weighted by Crippen LogP contribution is 2.31. The van der Waals surface area contributed by atoms with Crippen LogP contribution in [0.3, 0.4) is 0 Å². The standard InChI is InChI=1S/C19H25N3O3/c1-12(2)20-19(24)22-17-16(21-13-8-4-3-5-9-13)14-10-6-7-11-15(14)25-18(17)23/h6-7,10-13,21H,3-5,8-9H2,1-2H3,(H2,20,22,24). The number of anilines is 2. The summed E-state index contributed by atoms with van der Waals surface area (Å²) >= 11 is 0. The fourth-order valence-corrected chi connectivity index (χ4v) is 3.28. The van der Waals surface area contributed by atoms with Crippen LogP contribution in [0.1, 0.15) is 46.0 Å². The van der Waals surface area contributed by atoms with E-state index in [1.165, 1.54) is 19.3 Å². The lowest BCUT2D eigenvalue weighted by atomic mass is 9.95. The van der Waals surface area contributed by atoms with Crippen molar-refractivity contribution in [2.24, 2.45) is 0 Å². The van der Waals surface area contributed by atoms with Gasteiger partial charge in [0.25, 0.3) is 0 Å². The first kappa shape index (κ1) is 17.3. The minimum absolute atomic E-state index is 0.0257. The molecule has 134 valence electrons. The van der Waals surface area contributed by atoms with Gasteiger partial charge >= 0.3 is 11.7 Å². The van der Waals surface area contributed by atoms with Crippen molar-refractivity contribution in [2.45, 2.75) is 58.0 Å². The van der Waals surface area contributed by atoms with Crippen LogP contribution in [-0.2, 0) is 0 Å². The van der Waals surface area contributed by atoms with E-state index in [4.69, 9.17) is 4.42 Å². The fourth-order valence-electron chi connectivity index (χ4n) is 3.28. The van der Waals surface area contributed by atoms with Crippen LogP contribution < -0.4 is 21.6 Å². The summed E-state index contributed by atoms with van der Waals surface area (Å²) in [4.78, 5) is 24.6. The van der Waals surface area contributed by atoms with E-state index < -0.39 is 11.7 Å². The molecular formula is C19H25N3O3. The van der Waals surface area contributed by atoms with Gasteiger partial charge in [-0.1, -0.05) is 31.4 Å². The predicted molar refractivity (Wildman–Crippen MR) is 100 cm³/mol. The van der Waals surface area contributed by atoms with Crippen LogP contribution in [0.25, 0.3) is 11.0 Å². The Hall–Kier alpha value is -2.50.